The molecular formula is C24H24ClN3O4S. The summed E-state index contributed by atoms with van der Waals surface area (Å²) in [7, 11) is -3.88. The van der Waals surface area contributed by atoms with E-state index in [0.29, 0.717) is 29.5 Å². The molecule has 3 aromatic carbocycles. The summed E-state index contributed by atoms with van der Waals surface area (Å²) in [5.41, 5.74) is 2.19. The molecule has 1 amide bonds. The van der Waals surface area contributed by atoms with Crippen LogP contribution in [0.1, 0.15) is 15.9 Å². The molecule has 0 unspecified atom stereocenters. The lowest BCUT2D eigenvalue weighted by atomic mass is 10.1. The second-order valence-corrected chi connectivity index (χ2v) is 9.75. The Morgan fingerprint density at radius 1 is 0.970 bits per heavy atom. The number of amides is 1. The molecule has 0 aromatic heterocycles. The Morgan fingerprint density at radius 3 is 2.52 bits per heavy atom. The van der Waals surface area contributed by atoms with Gasteiger partial charge in [-0.1, -0.05) is 41.9 Å². The van der Waals surface area contributed by atoms with E-state index in [4.69, 9.17) is 16.3 Å². The number of halogens is 1. The summed E-state index contributed by atoms with van der Waals surface area (Å²) in [6.45, 7) is 3.89. The minimum absolute atomic E-state index is 0.0151. The molecule has 172 valence electrons. The fraction of sp³-hybridized carbons (Fsp3) is 0.208. The molecular weight excluding hydrogens is 462 g/mol. The highest BCUT2D eigenvalue weighted by Gasteiger charge is 2.17. The zero-order valence-electron chi connectivity index (χ0n) is 17.8. The van der Waals surface area contributed by atoms with E-state index in [1.54, 1.807) is 42.5 Å². The van der Waals surface area contributed by atoms with Gasteiger partial charge in [0.05, 0.1) is 28.8 Å². The van der Waals surface area contributed by atoms with Crippen molar-refractivity contribution in [1.82, 2.24) is 4.90 Å². The molecule has 1 heterocycles. The number of ether oxygens (including phenoxy) is 1. The molecule has 0 bridgehead atoms. The molecule has 3 aromatic rings. The Morgan fingerprint density at radius 2 is 1.73 bits per heavy atom. The molecule has 9 heteroatoms. The third-order valence-electron chi connectivity index (χ3n) is 5.22. The van der Waals surface area contributed by atoms with Crippen LogP contribution in [-0.4, -0.2) is 45.5 Å². The Labute approximate surface area is 198 Å². The van der Waals surface area contributed by atoms with Gasteiger partial charge >= 0.3 is 0 Å². The van der Waals surface area contributed by atoms with Gasteiger partial charge in [-0.05, 0) is 48.0 Å². The van der Waals surface area contributed by atoms with Crippen LogP contribution in [0.5, 0.6) is 0 Å². The molecule has 1 aliphatic heterocycles. The smallest absolute Gasteiger partial charge is 0.262 e. The van der Waals surface area contributed by atoms with Crippen molar-refractivity contribution < 1.29 is 17.9 Å². The van der Waals surface area contributed by atoms with Gasteiger partial charge in [-0.15, -0.1) is 0 Å². The van der Waals surface area contributed by atoms with Crippen molar-refractivity contribution in [2.45, 2.75) is 11.4 Å². The van der Waals surface area contributed by atoms with Crippen molar-refractivity contribution in [1.29, 1.82) is 0 Å². The summed E-state index contributed by atoms with van der Waals surface area (Å²) in [6.07, 6.45) is 0. The molecule has 7 nitrogen and oxygen atoms in total. The quantitative estimate of drug-likeness (QED) is 0.523. The monoisotopic (exact) mass is 485 g/mol. The summed E-state index contributed by atoms with van der Waals surface area (Å²) < 4.78 is 33.5. The van der Waals surface area contributed by atoms with Crippen LogP contribution in [0.15, 0.2) is 77.7 Å². The second kappa shape index (κ2) is 10.4. The van der Waals surface area contributed by atoms with Crippen LogP contribution in [0.25, 0.3) is 0 Å². The van der Waals surface area contributed by atoms with Crippen molar-refractivity contribution in [3.63, 3.8) is 0 Å². The zero-order chi connectivity index (χ0) is 23.3. The van der Waals surface area contributed by atoms with E-state index >= 15 is 0 Å². The molecule has 1 fully saturated rings. The van der Waals surface area contributed by atoms with Crippen molar-refractivity contribution in [2.24, 2.45) is 0 Å². The molecule has 0 aliphatic carbocycles. The van der Waals surface area contributed by atoms with Crippen LogP contribution in [0, 0.1) is 0 Å². The summed E-state index contributed by atoms with van der Waals surface area (Å²) in [5.74, 6) is -0.313. The van der Waals surface area contributed by atoms with Gasteiger partial charge in [0, 0.05) is 30.9 Å². The fourth-order valence-corrected chi connectivity index (χ4v) is 4.88. The highest BCUT2D eigenvalue weighted by molar-refractivity contribution is 7.92. The lowest BCUT2D eigenvalue weighted by Gasteiger charge is -2.26. The van der Waals surface area contributed by atoms with Crippen LogP contribution >= 0.6 is 11.6 Å². The molecule has 0 atom stereocenters. The number of hydrogen-bond acceptors (Lipinski definition) is 5. The van der Waals surface area contributed by atoms with E-state index in [1.165, 1.54) is 12.1 Å². The Balaban J connectivity index is 1.46. The van der Waals surface area contributed by atoms with Gasteiger partial charge in [-0.2, -0.15) is 0 Å². The average Bonchev–Trinajstić information content (AvgIpc) is 2.81. The number of hydrogen-bond donors (Lipinski definition) is 2. The highest BCUT2D eigenvalue weighted by Crippen LogP contribution is 2.25. The zero-order valence-corrected chi connectivity index (χ0v) is 19.4. The maximum atomic E-state index is 12.8. The van der Waals surface area contributed by atoms with Crippen molar-refractivity contribution in [3.8, 4) is 0 Å². The van der Waals surface area contributed by atoms with E-state index in [1.807, 2.05) is 18.2 Å². The minimum Gasteiger partial charge on any atom is -0.379 e. The highest BCUT2D eigenvalue weighted by atomic mass is 35.5. The predicted octanol–water partition coefficient (Wildman–Crippen LogP) is 4.23. The molecule has 4 rings (SSSR count). The van der Waals surface area contributed by atoms with E-state index in [9.17, 15) is 13.2 Å². The molecule has 1 aliphatic rings. The first kappa shape index (κ1) is 23.3. The fourth-order valence-electron chi connectivity index (χ4n) is 3.52. The van der Waals surface area contributed by atoms with E-state index in [2.05, 4.69) is 14.9 Å². The van der Waals surface area contributed by atoms with Gasteiger partial charge in [-0.3, -0.25) is 14.4 Å². The lowest BCUT2D eigenvalue weighted by molar-refractivity contribution is 0.0342. The van der Waals surface area contributed by atoms with Crippen LogP contribution in [0.2, 0.25) is 5.02 Å². The third-order valence-corrected chi connectivity index (χ3v) is 6.91. The van der Waals surface area contributed by atoms with Gasteiger partial charge in [0.2, 0.25) is 0 Å². The van der Waals surface area contributed by atoms with Gasteiger partial charge in [0.15, 0.2) is 0 Å². The molecule has 2 N–H and O–H groups in total. The second-order valence-electron chi connectivity index (χ2n) is 7.66. The number of nitrogens with one attached hydrogen (secondary N) is 2. The largest absolute Gasteiger partial charge is 0.379 e. The SMILES string of the molecule is O=C(Nc1cccc(S(=O)(=O)Nc2ccccc2Cl)c1)c1cccc(CN2CCOCC2)c1. The third kappa shape index (κ3) is 6.11. The number of benzene rings is 3. The predicted molar refractivity (Wildman–Crippen MR) is 129 cm³/mol. The van der Waals surface area contributed by atoms with E-state index < -0.39 is 10.0 Å². The van der Waals surface area contributed by atoms with Gasteiger partial charge < -0.3 is 10.1 Å². The molecule has 33 heavy (non-hydrogen) atoms. The van der Waals surface area contributed by atoms with Gasteiger partial charge in [-0.25, -0.2) is 8.42 Å². The number of rotatable bonds is 7. The first-order valence-electron chi connectivity index (χ1n) is 10.5. The Bertz CT molecular complexity index is 1240. The van der Waals surface area contributed by atoms with Crippen LogP contribution in [0.4, 0.5) is 11.4 Å². The van der Waals surface area contributed by atoms with Crippen molar-refractivity contribution in [3.05, 3.63) is 88.9 Å². The van der Waals surface area contributed by atoms with E-state index in [-0.39, 0.29) is 16.5 Å². The number of anilines is 2. The number of carbonyl (C=O) groups is 1. The minimum atomic E-state index is -3.88. The Hall–Kier alpha value is -2.91. The molecule has 0 saturated carbocycles. The first-order chi connectivity index (χ1) is 15.9. The van der Waals surface area contributed by atoms with Gasteiger partial charge in [0.25, 0.3) is 15.9 Å². The molecule has 0 radical (unpaired) electrons. The topological polar surface area (TPSA) is 87.7 Å². The number of para-hydroxylation sites is 1. The molecule has 0 spiro atoms. The van der Waals surface area contributed by atoms with E-state index in [0.717, 1.165) is 25.2 Å². The van der Waals surface area contributed by atoms with Crippen LogP contribution in [0.3, 0.4) is 0 Å². The van der Waals surface area contributed by atoms with Crippen molar-refractivity contribution in [2.75, 3.05) is 36.3 Å². The number of nitrogens with zero attached hydrogens (tertiary/aromatic N) is 1. The molecule has 1 saturated heterocycles. The van der Waals surface area contributed by atoms with Crippen LogP contribution < -0.4 is 10.0 Å². The average molecular weight is 486 g/mol. The number of sulfonamides is 1. The van der Waals surface area contributed by atoms with Crippen molar-refractivity contribution >= 4 is 38.9 Å². The maximum Gasteiger partial charge on any atom is 0.262 e. The normalized spacial score (nSPS) is 14.6. The summed E-state index contributed by atoms with van der Waals surface area (Å²) in [5, 5.41) is 3.08. The summed E-state index contributed by atoms with van der Waals surface area (Å²) in [4.78, 5) is 15.1. The summed E-state index contributed by atoms with van der Waals surface area (Å²) in [6, 6.07) is 20.1. The number of carbonyl (C=O) groups excluding carboxylic acids is 1. The lowest BCUT2D eigenvalue weighted by Crippen LogP contribution is -2.35. The van der Waals surface area contributed by atoms with Crippen LogP contribution in [-0.2, 0) is 21.3 Å². The first-order valence-corrected chi connectivity index (χ1v) is 12.3. The van der Waals surface area contributed by atoms with Gasteiger partial charge in [0.1, 0.15) is 0 Å². The standard InChI is InChI=1S/C24H24ClN3O4S/c25-22-9-1-2-10-23(22)27-33(30,31)21-8-4-7-20(16-21)26-24(29)19-6-3-5-18(15-19)17-28-11-13-32-14-12-28/h1-10,15-16,27H,11-14,17H2,(H,26,29). The Kier molecular flexibility index (Phi) is 7.29. The maximum absolute atomic E-state index is 12.8. The number of morpholine rings is 1. The summed E-state index contributed by atoms with van der Waals surface area (Å²) >= 11 is 6.07.